The van der Waals surface area contributed by atoms with Crippen LogP contribution in [0.3, 0.4) is 0 Å². The van der Waals surface area contributed by atoms with E-state index in [1.807, 2.05) is 18.2 Å². The molecular formula is C25H19Cl3N2O4. The number of anilines is 1. The van der Waals surface area contributed by atoms with E-state index < -0.39 is 5.91 Å². The summed E-state index contributed by atoms with van der Waals surface area (Å²) >= 11 is 18.3. The van der Waals surface area contributed by atoms with Crippen molar-refractivity contribution in [1.82, 2.24) is 0 Å². The topological polar surface area (TPSA) is 80.6 Å². The first kappa shape index (κ1) is 25.3. The number of methoxy groups -OCH3 is 2. The van der Waals surface area contributed by atoms with Crippen molar-refractivity contribution >= 4 is 52.5 Å². The van der Waals surface area contributed by atoms with Gasteiger partial charge in [-0.3, -0.25) is 4.79 Å². The number of carbonyl (C=O) groups excluding carboxylic acids is 1. The maximum absolute atomic E-state index is 12.9. The Morgan fingerprint density at radius 1 is 0.971 bits per heavy atom. The lowest BCUT2D eigenvalue weighted by atomic mass is 10.1. The average molecular weight is 518 g/mol. The molecule has 9 heteroatoms. The third-order valence-electron chi connectivity index (χ3n) is 4.64. The Kier molecular flexibility index (Phi) is 8.67. The number of nitrogens with one attached hydrogen (secondary N) is 1. The van der Waals surface area contributed by atoms with Gasteiger partial charge in [0, 0.05) is 27.7 Å². The number of carbonyl (C=O) groups is 1. The molecule has 0 aliphatic rings. The summed E-state index contributed by atoms with van der Waals surface area (Å²) in [4.78, 5) is 12.9. The number of rotatable bonds is 8. The summed E-state index contributed by atoms with van der Waals surface area (Å²) in [5, 5.41) is 13.6. The molecule has 3 rings (SSSR count). The highest BCUT2D eigenvalue weighted by Crippen LogP contribution is 2.36. The van der Waals surface area contributed by atoms with E-state index in [1.54, 1.807) is 30.3 Å². The summed E-state index contributed by atoms with van der Waals surface area (Å²) in [6, 6.07) is 17.1. The molecule has 6 nitrogen and oxygen atoms in total. The first-order valence-electron chi connectivity index (χ1n) is 9.86. The molecule has 0 bridgehead atoms. The SMILES string of the molecule is COc1cc(NC(=O)/C(C#N)=C/c2cc(Cl)ccc2OCc2cccc(Cl)c2)c(OC)cc1Cl. The van der Waals surface area contributed by atoms with E-state index in [0.29, 0.717) is 43.6 Å². The van der Waals surface area contributed by atoms with Gasteiger partial charge >= 0.3 is 0 Å². The summed E-state index contributed by atoms with van der Waals surface area (Å²) in [6.07, 6.45) is 1.40. The van der Waals surface area contributed by atoms with E-state index in [-0.39, 0.29) is 12.2 Å². The third-order valence-corrected chi connectivity index (χ3v) is 5.41. The van der Waals surface area contributed by atoms with E-state index in [1.165, 1.54) is 32.4 Å². The molecule has 0 radical (unpaired) electrons. The summed E-state index contributed by atoms with van der Waals surface area (Å²) in [7, 11) is 2.88. The fourth-order valence-corrected chi connectivity index (χ4v) is 3.63. The Labute approximate surface area is 212 Å². The van der Waals surface area contributed by atoms with Crippen LogP contribution >= 0.6 is 34.8 Å². The maximum Gasteiger partial charge on any atom is 0.266 e. The van der Waals surface area contributed by atoms with E-state index in [2.05, 4.69) is 5.32 Å². The molecule has 0 atom stereocenters. The van der Waals surface area contributed by atoms with E-state index in [4.69, 9.17) is 49.0 Å². The molecule has 1 N–H and O–H groups in total. The molecule has 0 saturated carbocycles. The van der Waals surface area contributed by atoms with Gasteiger partial charge in [0.05, 0.1) is 24.9 Å². The van der Waals surface area contributed by atoms with Crippen LogP contribution in [0.15, 0.2) is 60.2 Å². The van der Waals surface area contributed by atoms with Gasteiger partial charge in [-0.1, -0.05) is 46.9 Å². The van der Waals surface area contributed by atoms with Gasteiger partial charge in [-0.05, 0) is 42.0 Å². The summed E-state index contributed by atoms with van der Waals surface area (Å²) in [5.41, 5.74) is 1.44. The van der Waals surface area contributed by atoms with Crippen LogP contribution in [0.4, 0.5) is 5.69 Å². The highest BCUT2D eigenvalue weighted by atomic mass is 35.5. The quantitative estimate of drug-likeness (QED) is 0.263. The Balaban J connectivity index is 1.88. The van der Waals surface area contributed by atoms with Crippen molar-refractivity contribution in [3.05, 3.63) is 86.4 Å². The second-order valence-corrected chi connectivity index (χ2v) is 8.19. The minimum atomic E-state index is -0.661. The Hall–Kier alpha value is -3.37. The second kappa shape index (κ2) is 11.7. The average Bonchev–Trinajstić information content (AvgIpc) is 2.82. The molecule has 0 heterocycles. The van der Waals surface area contributed by atoms with Gasteiger partial charge in [0.2, 0.25) is 0 Å². The largest absolute Gasteiger partial charge is 0.495 e. The van der Waals surface area contributed by atoms with Gasteiger partial charge < -0.3 is 19.5 Å². The molecule has 34 heavy (non-hydrogen) atoms. The fourth-order valence-electron chi connectivity index (χ4n) is 3.00. The van der Waals surface area contributed by atoms with Crippen molar-refractivity contribution in [1.29, 1.82) is 5.26 Å². The lowest BCUT2D eigenvalue weighted by Gasteiger charge is -2.13. The van der Waals surface area contributed by atoms with E-state index in [9.17, 15) is 10.1 Å². The number of halogens is 3. The molecule has 0 spiro atoms. The molecule has 0 fully saturated rings. The number of amides is 1. The minimum Gasteiger partial charge on any atom is -0.495 e. The molecule has 1 amide bonds. The van der Waals surface area contributed by atoms with Gasteiger partial charge in [0.1, 0.15) is 35.5 Å². The first-order chi connectivity index (χ1) is 16.3. The number of nitriles is 1. The lowest BCUT2D eigenvalue weighted by molar-refractivity contribution is -0.112. The van der Waals surface area contributed by atoms with Gasteiger partial charge in [0.15, 0.2) is 0 Å². The van der Waals surface area contributed by atoms with Crippen LogP contribution in [0, 0.1) is 11.3 Å². The molecule has 3 aromatic rings. The van der Waals surface area contributed by atoms with Crippen molar-refractivity contribution in [2.45, 2.75) is 6.61 Å². The smallest absolute Gasteiger partial charge is 0.266 e. The number of benzene rings is 3. The Bertz CT molecular complexity index is 1290. The van der Waals surface area contributed by atoms with Gasteiger partial charge in [-0.2, -0.15) is 5.26 Å². The fraction of sp³-hybridized carbons (Fsp3) is 0.120. The zero-order chi connectivity index (χ0) is 24.7. The Morgan fingerprint density at radius 3 is 2.38 bits per heavy atom. The van der Waals surface area contributed by atoms with Crippen LogP contribution in [-0.2, 0) is 11.4 Å². The van der Waals surface area contributed by atoms with E-state index in [0.717, 1.165) is 5.56 Å². The van der Waals surface area contributed by atoms with E-state index >= 15 is 0 Å². The van der Waals surface area contributed by atoms with Crippen molar-refractivity contribution in [3.8, 4) is 23.3 Å². The first-order valence-corrected chi connectivity index (χ1v) is 11.0. The number of nitrogens with zero attached hydrogens (tertiary/aromatic N) is 1. The predicted octanol–water partition coefficient (Wildman–Crippen LogP) is 6.79. The van der Waals surface area contributed by atoms with Crippen LogP contribution in [0.25, 0.3) is 6.08 Å². The number of hydrogen-bond donors (Lipinski definition) is 1. The van der Waals surface area contributed by atoms with Crippen molar-refractivity contribution in [2.24, 2.45) is 0 Å². The van der Waals surface area contributed by atoms with Crippen molar-refractivity contribution in [2.75, 3.05) is 19.5 Å². The highest BCUT2D eigenvalue weighted by molar-refractivity contribution is 6.32. The normalized spacial score (nSPS) is 10.9. The summed E-state index contributed by atoms with van der Waals surface area (Å²) in [6.45, 7) is 0.235. The molecule has 0 aromatic heterocycles. The second-order valence-electron chi connectivity index (χ2n) is 6.91. The minimum absolute atomic E-state index is 0.175. The maximum atomic E-state index is 12.9. The summed E-state index contributed by atoms with van der Waals surface area (Å²) in [5.74, 6) is 0.429. The van der Waals surface area contributed by atoms with Crippen molar-refractivity contribution < 1.29 is 19.0 Å². The van der Waals surface area contributed by atoms with Crippen molar-refractivity contribution in [3.63, 3.8) is 0 Å². The number of ether oxygens (including phenoxy) is 3. The van der Waals surface area contributed by atoms with Gasteiger partial charge in [-0.15, -0.1) is 0 Å². The third kappa shape index (κ3) is 6.36. The molecule has 0 aliphatic carbocycles. The molecule has 0 unspecified atom stereocenters. The predicted molar refractivity (Wildman–Crippen MR) is 134 cm³/mol. The zero-order valence-electron chi connectivity index (χ0n) is 18.2. The van der Waals surface area contributed by atoms with Crippen LogP contribution in [0.1, 0.15) is 11.1 Å². The van der Waals surface area contributed by atoms with Gasteiger partial charge in [0.25, 0.3) is 5.91 Å². The molecule has 174 valence electrons. The highest BCUT2D eigenvalue weighted by Gasteiger charge is 2.16. The lowest BCUT2D eigenvalue weighted by Crippen LogP contribution is -2.14. The molecule has 0 aliphatic heterocycles. The number of hydrogen-bond acceptors (Lipinski definition) is 5. The van der Waals surface area contributed by atoms with Crippen LogP contribution < -0.4 is 19.5 Å². The molecule has 3 aromatic carbocycles. The monoisotopic (exact) mass is 516 g/mol. The van der Waals surface area contributed by atoms with Crippen LogP contribution in [-0.4, -0.2) is 20.1 Å². The van der Waals surface area contributed by atoms with Gasteiger partial charge in [-0.25, -0.2) is 0 Å². The standard InChI is InChI=1S/C25H19Cl3N2O4/c1-32-23-12-21(24(33-2)11-20(23)28)30-25(31)17(13-29)9-16-10-19(27)6-7-22(16)34-14-15-4-3-5-18(26)8-15/h3-12H,14H2,1-2H3,(H,30,31)/b17-9+. The Morgan fingerprint density at radius 2 is 1.71 bits per heavy atom. The molecular weight excluding hydrogens is 499 g/mol. The van der Waals surface area contributed by atoms with Crippen LogP contribution in [0.2, 0.25) is 15.1 Å². The van der Waals surface area contributed by atoms with Crippen LogP contribution in [0.5, 0.6) is 17.2 Å². The summed E-state index contributed by atoms with van der Waals surface area (Å²) < 4.78 is 16.4. The molecule has 0 saturated heterocycles. The zero-order valence-corrected chi connectivity index (χ0v) is 20.5.